The Hall–Kier alpha value is -3.24. The first kappa shape index (κ1) is 39.5. The Kier molecular flexibility index (Phi) is 13.7. The van der Waals surface area contributed by atoms with Crippen LogP contribution in [0.15, 0.2) is 42.0 Å². The van der Waals surface area contributed by atoms with Crippen molar-refractivity contribution in [3.63, 3.8) is 0 Å². The van der Waals surface area contributed by atoms with Crippen LogP contribution in [0.5, 0.6) is 0 Å². The van der Waals surface area contributed by atoms with E-state index < -0.39 is 17.5 Å². The molecule has 50 heavy (non-hydrogen) atoms. The first-order chi connectivity index (χ1) is 23.6. The van der Waals surface area contributed by atoms with E-state index >= 15 is 0 Å². The second kappa shape index (κ2) is 17.3. The third-order valence-electron chi connectivity index (χ3n) is 10.9. The van der Waals surface area contributed by atoms with Crippen LogP contribution in [0.3, 0.4) is 0 Å². The Morgan fingerprint density at radius 1 is 0.880 bits per heavy atom. The first-order valence-electron chi connectivity index (χ1n) is 19.0. The summed E-state index contributed by atoms with van der Waals surface area (Å²) in [5.74, 6) is -0.365. The molecule has 3 heterocycles. The maximum Gasteiger partial charge on any atom is 0.249 e. The van der Waals surface area contributed by atoms with Gasteiger partial charge in [-0.1, -0.05) is 77.4 Å². The smallest absolute Gasteiger partial charge is 0.249 e. The Balaban J connectivity index is 1.42. The van der Waals surface area contributed by atoms with Crippen LogP contribution in [0, 0.1) is 11.3 Å². The van der Waals surface area contributed by atoms with E-state index in [-0.39, 0.29) is 47.7 Å². The zero-order valence-electron chi connectivity index (χ0n) is 32.3. The zero-order valence-corrected chi connectivity index (χ0v) is 32.3. The summed E-state index contributed by atoms with van der Waals surface area (Å²) >= 11 is 0. The van der Waals surface area contributed by atoms with E-state index in [0.29, 0.717) is 31.6 Å². The standard InChI is InChI=1S/C40H64N6O4/c1-28(2)34(42(9)39(50)35(40(6,7)8)41-36(47)32-18-13-14-20-45(32)29(3)4)26-30(5)37(48)46-21-15-19-33(46)38(49)44-24-22-43(23-25-44)27-31-16-11-10-12-17-31/h10-12,16-17,26,28-29,32-35H,13-15,18-25,27H2,1-9H3,(H,41,47)/b30-26+/t32-,33?,34-,35?/m1/s1. The van der Waals surface area contributed by atoms with E-state index in [4.69, 9.17) is 0 Å². The Morgan fingerprint density at radius 3 is 2.12 bits per heavy atom. The van der Waals surface area contributed by atoms with Gasteiger partial charge in [0.2, 0.25) is 23.6 Å². The monoisotopic (exact) mass is 692 g/mol. The van der Waals surface area contributed by atoms with Gasteiger partial charge in [-0.3, -0.25) is 29.0 Å². The van der Waals surface area contributed by atoms with E-state index in [1.54, 1.807) is 23.8 Å². The fourth-order valence-corrected chi connectivity index (χ4v) is 7.84. The van der Waals surface area contributed by atoms with Crippen molar-refractivity contribution in [3.05, 3.63) is 47.5 Å². The molecule has 278 valence electrons. The molecule has 4 atom stereocenters. The summed E-state index contributed by atoms with van der Waals surface area (Å²) in [6.07, 6.45) is 6.20. The average Bonchev–Trinajstić information content (AvgIpc) is 3.58. The number of piperidine rings is 1. The third kappa shape index (κ3) is 9.75. The number of amides is 4. The second-order valence-corrected chi connectivity index (χ2v) is 16.4. The minimum atomic E-state index is -0.727. The second-order valence-electron chi connectivity index (χ2n) is 16.4. The van der Waals surface area contributed by atoms with Gasteiger partial charge in [0, 0.05) is 57.9 Å². The molecule has 1 N–H and O–H groups in total. The molecule has 0 saturated carbocycles. The van der Waals surface area contributed by atoms with Crippen molar-refractivity contribution in [1.82, 2.24) is 29.8 Å². The van der Waals surface area contributed by atoms with Gasteiger partial charge in [-0.05, 0) is 69.9 Å². The fraction of sp³-hybridized carbons (Fsp3) is 0.700. The van der Waals surface area contributed by atoms with Crippen molar-refractivity contribution in [2.24, 2.45) is 11.3 Å². The summed E-state index contributed by atoms with van der Waals surface area (Å²) in [6.45, 7) is 21.3. The summed E-state index contributed by atoms with van der Waals surface area (Å²) in [5, 5.41) is 3.16. The normalized spacial score (nSPS) is 22.5. The minimum absolute atomic E-state index is 0.0148. The van der Waals surface area contributed by atoms with Crippen molar-refractivity contribution in [1.29, 1.82) is 0 Å². The lowest BCUT2D eigenvalue weighted by Gasteiger charge is -2.41. The Bertz CT molecular complexity index is 1350. The van der Waals surface area contributed by atoms with E-state index in [0.717, 1.165) is 51.9 Å². The molecule has 0 bridgehead atoms. The maximum atomic E-state index is 14.2. The maximum absolute atomic E-state index is 14.2. The van der Waals surface area contributed by atoms with Crippen LogP contribution in [-0.4, -0.2) is 125 Å². The molecule has 10 nitrogen and oxygen atoms in total. The van der Waals surface area contributed by atoms with E-state index in [9.17, 15) is 19.2 Å². The highest BCUT2D eigenvalue weighted by Crippen LogP contribution is 2.27. The molecule has 4 amide bonds. The van der Waals surface area contributed by atoms with Gasteiger partial charge in [0.15, 0.2) is 0 Å². The lowest BCUT2D eigenvalue weighted by molar-refractivity contribution is -0.143. The van der Waals surface area contributed by atoms with Crippen LogP contribution in [0.1, 0.15) is 93.1 Å². The topological polar surface area (TPSA) is 96.5 Å². The number of carbonyl (C=O) groups excluding carboxylic acids is 4. The van der Waals surface area contributed by atoms with Crippen molar-refractivity contribution >= 4 is 23.6 Å². The largest absolute Gasteiger partial charge is 0.342 e. The third-order valence-corrected chi connectivity index (χ3v) is 10.9. The zero-order chi connectivity index (χ0) is 36.7. The number of carbonyl (C=O) groups is 4. The lowest BCUT2D eigenvalue weighted by Crippen LogP contribution is -2.60. The number of nitrogens with one attached hydrogen (secondary N) is 1. The number of hydrogen-bond donors (Lipinski definition) is 1. The van der Waals surface area contributed by atoms with E-state index in [2.05, 4.69) is 53.2 Å². The number of nitrogens with zero attached hydrogens (tertiary/aromatic N) is 5. The number of likely N-dealkylation sites (tertiary alicyclic amines) is 2. The van der Waals surface area contributed by atoms with Gasteiger partial charge in [-0.2, -0.15) is 0 Å². The van der Waals surface area contributed by atoms with Gasteiger partial charge in [0.25, 0.3) is 0 Å². The highest BCUT2D eigenvalue weighted by atomic mass is 16.2. The molecule has 4 rings (SSSR count). The summed E-state index contributed by atoms with van der Waals surface area (Å²) < 4.78 is 0. The highest BCUT2D eigenvalue weighted by Gasteiger charge is 2.41. The first-order valence-corrected chi connectivity index (χ1v) is 19.0. The van der Waals surface area contributed by atoms with Crippen LogP contribution < -0.4 is 5.32 Å². The quantitative estimate of drug-likeness (QED) is 0.342. The van der Waals surface area contributed by atoms with Gasteiger partial charge >= 0.3 is 0 Å². The highest BCUT2D eigenvalue weighted by molar-refractivity contribution is 5.97. The average molecular weight is 693 g/mol. The number of rotatable bonds is 11. The summed E-state index contributed by atoms with van der Waals surface area (Å²) in [7, 11) is 1.77. The van der Waals surface area contributed by atoms with Gasteiger partial charge < -0.3 is 20.0 Å². The molecule has 10 heteroatoms. The van der Waals surface area contributed by atoms with E-state index in [1.807, 2.05) is 51.7 Å². The molecule has 1 aromatic rings. The number of hydrogen-bond acceptors (Lipinski definition) is 6. The molecule has 3 aliphatic heterocycles. The summed E-state index contributed by atoms with van der Waals surface area (Å²) in [6, 6.07) is 8.83. The van der Waals surface area contributed by atoms with Crippen LogP contribution in [0.2, 0.25) is 0 Å². The molecule has 3 aliphatic rings. The van der Waals surface area contributed by atoms with Crippen molar-refractivity contribution in [2.45, 2.75) is 124 Å². The molecular formula is C40H64N6O4. The van der Waals surface area contributed by atoms with Gasteiger partial charge in [-0.25, -0.2) is 0 Å². The van der Waals surface area contributed by atoms with Crippen LogP contribution in [0.25, 0.3) is 0 Å². The van der Waals surface area contributed by atoms with Gasteiger partial charge in [-0.15, -0.1) is 0 Å². The number of piperazine rings is 1. The molecular weight excluding hydrogens is 628 g/mol. The van der Waals surface area contributed by atoms with Crippen molar-refractivity contribution in [2.75, 3.05) is 46.3 Å². The van der Waals surface area contributed by atoms with Gasteiger partial charge in [0.05, 0.1) is 12.1 Å². The Labute approximate surface area is 301 Å². The van der Waals surface area contributed by atoms with Crippen LogP contribution in [0.4, 0.5) is 0 Å². The summed E-state index contributed by atoms with van der Waals surface area (Å²) in [5.41, 5.74) is 1.28. The molecule has 0 radical (unpaired) electrons. The lowest BCUT2D eigenvalue weighted by atomic mass is 9.84. The van der Waals surface area contributed by atoms with Crippen molar-refractivity contribution in [3.8, 4) is 0 Å². The predicted octanol–water partition coefficient (Wildman–Crippen LogP) is 4.54. The molecule has 0 spiro atoms. The molecule has 0 aliphatic carbocycles. The minimum Gasteiger partial charge on any atom is -0.342 e. The predicted molar refractivity (Wildman–Crippen MR) is 199 cm³/mol. The van der Waals surface area contributed by atoms with Crippen molar-refractivity contribution < 1.29 is 19.2 Å². The molecule has 2 unspecified atom stereocenters. The summed E-state index contributed by atoms with van der Waals surface area (Å²) in [4.78, 5) is 65.6. The van der Waals surface area contributed by atoms with Crippen LogP contribution >= 0.6 is 0 Å². The SMILES string of the molecule is C/C(=C\[C@H](C(C)C)N(C)C(=O)C(NC(=O)[C@H]1CCCCN1C(C)C)C(C)(C)C)C(=O)N1CCCC1C(=O)N1CCN(Cc2ccccc2)CC1. The van der Waals surface area contributed by atoms with Gasteiger partial charge in [0.1, 0.15) is 12.1 Å². The van der Waals surface area contributed by atoms with E-state index in [1.165, 1.54) is 5.56 Å². The molecule has 3 saturated heterocycles. The number of benzene rings is 1. The fourth-order valence-electron chi connectivity index (χ4n) is 7.84. The molecule has 0 aromatic heterocycles. The Morgan fingerprint density at radius 2 is 1.52 bits per heavy atom. The molecule has 3 fully saturated rings. The molecule has 1 aromatic carbocycles. The number of likely N-dealkylation sites (N-methyl/N-ethyl adjacent to an activating group) is 1. The van der Waals surface area contributed by atoms with Crippen LogP contribution in [-0.2, 0) is 25.7 Å².